The summed E-state index contributed by atoms with van der Waals surface area (Å²) < 4.78 is 14.2. The molecule has 0 aliphatic carbocycles. The van der Waals surface area contributed by atoms with Crippen molar-refractivity contribution < 1.29 is 14.0 Å². The van der Waals surface area contributed by atoms with Crippen molar-refractivity contribution in [2.24, 2.45) is 0 Å². The molecule has 3 aromatic rings. The summed E-state index contributed by atoms with van der Waals surface area (Å²) in [4.78, 5) is 37.0. The van der Waals surface area contributed by atoms with E-state index in [0.717, 1.165) is 5.56 Å². The minimum absolute atomic E-state index is 0.147. The molecule has 0 bridgehead atoms. The van der Waals surface area contributed by atoms with Gasteiger partial charge in [0.1, 0.15) is 11.4 Å². The Morgan fingerprint density at radius 2 is 1.57 bits per heavy atom. The lowest BCUT2D eigenvalue weighted by Crippen LogP contribution is -2.56. The van der Waals surface area contributed by atoms with E-state index in [1.807, 2.05) is 54.6 Å². The quantitative estimate of drug-likeness (QED) is 0.482. The number of hydrogen-bond acceptors (Lipinski definition) is 4. The first-order valence-corrected chi connectivity index (χ1v) is 12.1. The summed E-state index contributed by atoms with van der Waals surface area (Å²) in [6.07, 6.45) is 3.40. The highest BCUT2D eigenvalue weighted by Gasteiger charge is 2.57. The fourth-order valence-corrected chi connectivity index (χ4v) is 5.20. The Hall–Kier alpha value is -3.58. The maximum absolute atomic E-state index is 14.2. The van der Waals surface area contributed by atoms with Gasteiger partial charge in [0.05, 0.1) is 12.2 Å². The van der Waals surface area contributed by atoms with Crippen LogP contribution in [-0.4, -0.2) is 56.8 Å². The Bertz CT molecular complexity index is 1180. The van der Waals surface area contributed by atoms with Crippen LogP contribution in [0.15, 0.2) is 79.0 Å². The van der Waals surface area contributed by atoms with E-state index in [4.69, 9.17) is 0 Å². The Morgan fingerprint density at radius 1 is 0.857 bits per heavy atom. The molecule has 1 spiro atoms. The maximum atomic E-state index is 14.2. The van der Waals surface area contributed by atoms with Gasteiger partial charge in [0, 0.05) is 37.9 Å². The van der Waals surface area contributed by atoms with Crippen LogP contribution in [0.3, 0.4) is 0 Å². The molecule has 6 nitrogen and oxygen atoms in total. The number of halogens is 1. The van der Waals surface area contributed by atoms with Gasteiger partial charge in [-0.25, -0.2) is 9.18 Å². The predicted octanol–water partition coefficient (Wildman–Crippen LogP) is 4.26. The SMILES string of the molecule is O=C1N(Cc2ccccn2)C(=O)C2(CCN(Cc3ccccc3F)CC2)N1CCc1ccccc1. The van der Waals surface area contributed by atoms with E-state index in [1.165, 1.54) is 11.0 Å². The Labute approximate surface area is 205 Å². The summed E-state index contributed by atoms with van der Waals surface area (Å²) in [5.41, 5.74) is 1.59. The number of benzene rings is 2. The molecule has 1 aromatic heterocycles. The van der Waals surface area contributed by atoms with Crippen molar-refractivity contribution >= 4 is 11.9 Å². The third-order valence-electron chi connectivity index (χ3n) is 7.17. The van der Waals surface area contributed by atoms with E-state index in [-0.39, 0.29) is 24.3 Å². The van der Waals surface area contributed by atoms with Gasteiger partial charge >= 0.3 is 6.03 Å². The first kappa shape index (κ1) is 23.2. The monoisotopic (exact) mass is 472 g/mol. The second kappa shape index (κ2) is 9.96. The van der Waals surface area contributed by atoms with Crippen molar-refractivity contribution in [1.82, 2.24) is 19.7 Å². The number of rotatable bonds is 7. The molecule has 2 saturated heterocycles. The number of amides is 3. The van der Waals surface area contributed by atoms with Crippen LogP contribution in [-0.2, 0) is 24.3 Å². The fraction of sp³-hybridized carbons (Fsp3) is 0.321. The summed E-state index contributed by atoms with van der Waals surface area (Å²) in [5, 5.41) is 0. The van der Waals surface area contributed by atoms with Crippen molar-refractivity contribution in [3.8, 4) is 0 Å². The third kappa shape index (κ3) is 4.68. The highest BCUT2D eigenvalue weighted by molar-refractivity contribution is 6.07. The standard InChI is InChI=1S/C28H29FN4O2/c29-25-12-5-4-10-23(25)20-31-18-14-28(15-19-31)26(34)32(21-24-11-6-7-16-30-24)27(35)33(28)17-13-22-8-2-1-3-9-22/h1-12,16H,13-15,17-21H2. The van der Waals surface area contributed by atoms with E-state index in [1.54, 1.807) is 23.2 Å². The lowest BCUT2D eigenvalue weighted by Gasteiger charge is -2.42. The zero-order valence-corrected chi connectivity index (χ0v) is 19.6. The predicted molar refractivity (Wildman–Crippen MR) is 131 cm³/mol. The Morgan fingerprint density at radius 3 is 2.29 bits per heavy atom. The zero-order chi connectivity index (χ0) is 24.3. The van der Waals surface area contributed by atoms with Crippen molar-refractivity contribution in [3.05, 3.63) is 102 Å². The molecule has 2 fully saturated rings. The molecule has 0 radical (unpaired) electrons. The lowest BCUT2D eigenvalue weighted by molar-refractivity contribution is -0.136. The van der Waals surface area contributed by atoms with Crippen LogP contribution in [0.25, 0.3) is 0 Å². The van der Waals surface area contributed by atoms with Crippen molar-refractivity contribution in [3.63, 3.8) is 0 Å². The van der Waals surface area contributed by atoms with Gasteiger partial charge in [-0.3, -0.25) is 19.6 Å². The summed E-state index contributed by atoms with van der Waals surface area (Å²) in [6, 6.07) is 22.1. The third-order valence-corrected chi connectivity index (χ3v) is 7.17. The molecular formula is C28H29FN4O2. The highest BCUT2D eigenvalue weighted by Crippen LogP contribution is 2.38. The average molecular weight is 473 g/mol. The number of nitrogens with zero attached hydrogens (tertiary/aromatic N) is 4. The van der Waals surface area contributed by atoms with Crippen LogP contribution >= 0.6 is 0 Å². The molecule has 180 valence electrons. The summed E-state index contributed by atoms with van der Waals surface area (Å²) in [7, 11) is 0. The topological polar surface area (TPSA) is 56.8 Å². The minimum Gasteiger partial charge on any atom is -0.309 e. The molecule has 2 aliphatic rings. The molecule has 2 aliphatic heterocycles. The maximum Gasteiger partial charge on any atom is 0.328 e. The summed E-state index contributed by atoms with van der Waals surface area (Å²) in [5.74, 6) is -0.363. The molecule has 35 heavy (non-hydrogen) atoms. The highest BCUT2D eigenvalue weighted by atomic mass is 19.1. The van der Waals surface area contributed by atoms with Gasteiger partial charge in [-0.05, 0) is 43.0 Å². The molecule has 5 rings (SSSR count). The zero-order valence-electron chi connectivity index (χ0n) is 19.6. The van der Waals surface area contributed by atoms with Crippen LogP contribution in [0.5, 0.6) is 0 Å². The number of aromatic nitrogens is 1. The fourth-order valence-electron chi connectivity index (χ4n) is 5.20. The van der Waals surface area contributed by atoms with Gasteiger partial charge in [-0.1, -0.05) is 54.6 Å². The van der Waals surface area contributed by atoms with Crippen LogP contribution in [0.1, 0.15) is 29.7 Å². The second-order valence-corrected chi connectivity index (χ2v) is 9.28. The molecule has 0 unspecified atom stereocenters. The largest absolute Gasteiger partial charge is 0.328 e. The first-order chi connectivity index (χ1) is 17.1. The lowest BCUT2D eigenvalue weighted by atomic mass is 9.85. The Kier molecular flexibility index (Phi) is 6.59. The van der Waals surface area contributed by atoms with E-state index < -0.39 is 5.54 Å². The van der Waals surface area contributed by atoms with Crippen molar-refractivity contribution in [2.75, 3.05) is 19.6 Å². The van der Waals surface area contributed by atoms with Gasteiger partial charge in [-0.2, -0.15) is 0 Å². The normalized spacial score (nSPS) is 18.0. The van der Waals surface area contributed by atoms with Gasteiger partial charge in [0.25, 0.3) is 5.91 Å². The van der Waals surface area contributed by atoms with Crippen LogP contribution in [0.2, 0.25) is 0 Å². The van der Waals surface area contributed by atoms with Crippen LogP contribution < -0.4 is 0 Å². The van der Waals surface area contributed by atoms with Crippen LogP contribution in [0, 0.1) is 5.82 Å². The van der Waals surface area contributed by atoms with E-state index in [2.05, 4.69) is 9.88 Å². The van der Waals surface area contributed by atoms with Gasteiger partial charge in [0.2, 0.25) is 0 Å². The molecule has 7 heteroatoms. The molecule has 0 atom stereocenters. The summed E-state index contributed by atoms with van der Waals surface area (Å²) >= 11 is 0. The average Bonchev–Trinajstić information content (AvgIpc) is 3.07. The number of carbonyl (C=O) groups is 2. The smallest absolute Gasteiger partial charge is 0.309 e. The van der Waals surface area contributed by atoms with Gasteiger partial charge in [-0.15, -0.1) is 0 Å². The van der Waals surface area contributed by atoms with Gasteiger partial charge in [0.15, 0.2) is 0 Å². The Balaban J connectivity index is 1.36. The molecule has 2 aromatic carbocycles. The summed E-state index contributed by atoms with van der Waals surface area (Å²) in [6.45, 7) is 2.37. The first-order valence-electron chi connectivity index (χ1n) is 12.1. The number of likely N-dealkylation sites (tertiary alicyclic amines) is 1. The van der Waals surface area contributed by atoms with Gasteiger partial charge < -0.3 is 4.90 Å². The molecule has 0 saturated carbocycles. The number of pyridine rings is 1. The molecule has 3 heterocycles. The number of piperidine rings is 1. The number of urea groups is 1. The van der Waals surface area contributed by atoms with Crippen molar-refractivity contribution in [1.29, 1.82) is 0 Å². The number of carbonyl (C=O) groups excluding carboxylic acids is 2. The molecule has 0 N–H and O–H groups in total. The van der Waals surface area contributed by atoms with Crippen molar-refractivity contribution in [2.45, 2.75) is 37.9 Å². The molecular weight excluding hydrogens is 443 g/mol. The number of imide groups is 1. The van der Waals surface area contributed by atoms with Crippen LogP contribution in [0.4, 0.5) is 9.18 Å². The van der Waals surface area contributed by atoms with E-state index >= 15 is 0 Å². The van der Waals surface area contributed by atoms with E-state index in [0.29, 0.717) is 56.7 Å². The second-order valence-electron chi connectivity index (χ2n) is 9.28. The molecule has 3 amide bonds. The number of hydrogen-bond donors (Lipinski definition) is 0. The van der Waals surface area contributed by atoms with E-state index in [9.17, 15) is 14.0 Å². The minimum atomic E-state index is -0.869.